The van der Waals surface area contributed by atoms with Gasteiger partial charge in [-0.15, -0.1) is 0 Å². The first-order valence-electron chi connectivity index (χ1n) is 16.3. The van der Waals surface area contributed by atoms with Crippen LogP contribution in [0.15, 0.2) is 72.8 Å². The maximum atomic E-state index is 11.1. The van der Waals surface area contributed by atoms with E-state index in [1.165, 1.54) is 24.7 Å². The maximum absolute atomic E-state index is 11.1. The third kappa shape index (κ3) is 19.1. The predicted molar refractivity (Wildman–Crippen MR) is 197 cm³/mol. The van der Waals surface area contributed by atoms with Crippen molar-refractivity contribution in [2.45, 2.75) is 45.4 Å². The monoisotopic (exact) mass is 668 g/mol. The molecule has 0 amide bonds. The van der Waals surface area contributed by atoms with Crippen LogP contribution in [0.5, 0.6) is 11.5 Å². The Labute approximate surface area is 288 Å². The first-order valence-corrected chi connectivity index (χ1v) is 16.3. The van der Waals surface area contributed by atoms with Gasteiger partial charge in [-0.3, -0.25) is 9.69 Å². The van der Waals surface area contributed by atoms with E-state index in [-0.39, 0.29) is 5.41 Å². The summed E-state index contributed by atoms with van der Waals surface area (Å²) in [6.45, 7) is 12.8. The van der Waals surface area contributed by atoms with Crippen LogP contribution in [0.1, 0.15) is 60.2 Å². The Balaban J connectivity index is 0.000000687. The van der Waals surface area contributed by atoms with E-state index in [9.17, 15) is 9.59 Å². The Morgan fingerprint density at radius 2 is 1.10 bits per heavy atom. The molecule has 0 aliphatic carbocycles. The van der Waals surface area contributed by atoms with Crippen LogP contribution in [0.2, 0.25) is 0 Å². The summed E-state index contributed by atoms with van der Waals surface area (Å²) in [7, 11) is 2.88. The zero-order valence-corrected chi connectivity index (χ0v) is 29.7. The lowest BCUT2D eigenvalue weighted by Gasteiger charge is -2.26. The van der Waals surface area contributed by atoms with E-state index in [1.54, 1.807) is 43.5 Å². The molecule has 11 nitrogen and oxygen atoms in total. The molecule has 0 saturated carbocycles. The van der Waals surface area contributed by atoms with Gasteiger partial charge in [0.05, 0.1) is 14.2 Å². The minimum Gasteiger partial charge on any atom is -0.497 e. The Morgan fingerprint density at radius 1 is 0.667 bits per heavy atom. The number of unbranched alkanes of at least 4 members (excludes halogenated alkanes) is 2. The Kier molecular flexibility index (Phi) is 25.0. The zero-order valence-electron chi connectivity index (χ0n) is 29.7. The largest absolute Gasteiger partial charge is 0.513 e. The number of hydrogen-bond acceptors (Lipinski definition) is 11. The van der Waals surface area contributed by atoms with E-state index < -0.39 is 6.16 Å². The van der Waals surface area contributed by atoms with Crippen LogP contribution in [-0.4, -0.2) is 83.9 Å². The fraction of sp³-hybridized carbons (Fsp3) is 0.459. The normalized spacial score (nSPS) is 10.3. The highest BCUT2D eigenvalue weighted by Crippen LogP contribution is 2.32. The Morgan fingerprint density at radius 3 is 1.48 bits per heavy atom. The van der Waals surface area contributed by atoms with Gasteiger partial charge in [0.2, 0.25) is 0 Å². The second kappa shape index (κ2) is 27.1. The highest BCUT2D eigenvalue weighted by molar-refractivity contribution is 5.74. The van der Waals surface area contributed by atoms with Crippen molar-refractivity contribution in [3.8, 4) is 11.5 Å². The number of ether oxygens (including phenoxy) is 3. The number of nitrogens with two attached hydrogens (primary N) is 5. The molecule has 3 aromatic carbocycles. The molecule has 0 saturated heterocycles. The molecule has 0 spiro atoms. The molecule has 11 heteroatoms. The predicted octanol–water partition coefficient (Wildman–Crippen LogP) is 4.21. The van der Waals surface area contributed by atoms with Gasteiger partial charge in [-0.25, -0.2) is 4.79 Å². The summed E-state index contributed by atoms with van der Waals surface area (Å²) in [5, 5.41) is 0. The summed E-state index contributed by atoms with van der Waals surface area (Å²) in [5.41, 5.74) is 30.8. The molecule has 0 aromatic heterocycles. The van der Waals surface area contributed by atoms with Crippen LogP contribution in [0.3, 0.4) is 0 Å². The number of carbonyl (C=O) groups excluding carboxylic acids is 2. The number of methoxy groups -OCH3 is 2. The summed E-state index contributed by atoms with van der Waals surface area (Å²) in [5.74, 6) is 1.25. The molecule has 10 N–H and O–H groups in total. The second-order valence-electron chi connectivity index (χ2n) is 11.3. The highest BCUT2D eigenvalue weighted by Gasteiger charge is 2.23. The van der Waals surface area contributed by atoms with Gasteiger partial charge in [-0.2, -0.15) is 0 Å². The van der Waals surface area contributed by atoms with Crippen LogP contribution in [0, 0.1) is 6.92 Å². The van der Waals surface area contributed by atoms with E-state index in [0.29, 0.717) is 30.9 Å². The average Bonchev–Trinajstić information content (AvgIpc) is 3.10. The fourth-order valence-electron chi connectivity index (χ4n) is 4.25. The molecular formula is C37H60N6O5. The van der Waals surface area contributed by atoms with Crippen LogP contribution in [-0.2, 0) is 10.2 Å². The molecule has 3 rings (SSSR count). The third-order valence-corrected chi connectivity index (χ3v) is 7.21. The van der Waals surface area contributed by atoms with Gasteiger partial charge in [-0.05, 0) is 80.4 Å². The molecule has 0 unspecified atom stereocenters. The molecule has 0 bridgehead atoms. The highest BCUT2D eigenvalue weighted by atomic mass is 16.7. The molecule has 0 radical (unpaired) electrons. The molecule has 0 aliphatic heterocycles. The van der Waals surface area contributed by atoms with Crippen molar-refractivity contribution in [1.29, 1.82) is 0 Å². The first-order chi connectivity index (χ1) is 23.1. The maximum Gasteiger partial charge on any atom is 0.513 e. The van der Waals surface area contributed by atoms with Gasteiger partial charge in [0.25, 0.3) is 0 Å². The van der Waals surface area contributed by atoms with Crippen molar-refractivity contribution < 1.29 is 23.8 Å². The quantitative estimate of drug-likeness (QED) is 0.0674. The molecule has 0 heterocycles. The van der Waals surface area contributed by atoms with Crippen LogP contribution < -0.4 is 38.1 Å². The van der Waals surface area contributed by atoms with Gasteiger partial charge in [-0.1, -0.05) is 62.2 Å². The van der Waals surface area contributed by atoms with Crippen molar-refractivity contribution in [3.05, 3.63) is 95.1 Å². The minimum absolute atomic E-state index is 0.114. The van der Waals surface area contributed by atoms with Gasteiger partial charge >= 0.3 is 6.16 Å². The van der Waals surface area contributed by atoms with Crippen LogP contribution >= 0.6 is 0 Å². The molecule has 48 heavy (non-hydrogen) atoms. The first kappa shape index (κ1) is 44.2. The third-order valence-electron chi connectivity index (χ3n) is 7.21. The van der Waals surface area contributed by atoms with Crippen LogP contribution in [0.25, 0.3) is 0 Å². The molecule has 0 fully saturated rings. The van der Waals surface area contributed by atoms with Crippen molar-refractivity contribution in [2.75, 3.05) is 66.6 Å². The van der Waals surface area contributed by atoms with E-state index in [4.69, 9.17) is 38.1 Å². The Hall–Kier alpha value is -3.84. The number of aryl methyl sites for hydroxylation is 1. The van der Waals surface area contributed by atoms with E-state index in [2.05, 4.69) is 54.7 Å². The van der Waals surface area contributed by atoms with E-state index in [1.807, 2.05) is 12.1 Å². The SMILES string of the molecule is COC(=O)Oc1ccc(C(C)(C)c2ccc(C)cc2)cc1.COc1ccc(C=O)cc1.NCCCCCN.NCCN(CCN)CCN. The second-order valence-corrected chi connectivity index (χ2v) is 11.3. The molecule has 3 aromatic rings. The number of nitrogens with zero attached hydrogens (tertiary/aromatic N) is 1. The van der Waals surface area contributed by atoms with Crippen molar-refractivity contribution >= 4 is 12.4 Å². The van der Waals surface area contributed by atoms with Gasteiger partial charge < -0.3 is 42.9 Å². The lowest BCUT2D eigenvalue weighted by atomic mass is 9.78. The zero-order chi connectivity index (χ0) is 36.2. The lowest BCUT2D eigenvalue weighted by molar-refractivity contribution is 0.112. The van der Waals surface area contributed by atoms with Gasteiger partial charge in [0.15, 0.2) is 0 Å². The number of hydrogen-bond donors (Lipinski definition) is 5. The number of rotatable bonds is 15. The molecule has 0 atom stereocenters. The summed E-state index contributed by atoms with van der Waals surface area (Å²) < 4.78 is 14.4. The van der Waals surface area contributed by atoms with Crippen molar-refractivity contribution in [3.63, 3.8) is 0 Å². The number of carbonyl (C=O) groups is 2. The van der Waals surface area contributed by atoms with Crippen molar-refractivity contribution in [2.24, 2.45) is 28.7 Å². The summed E-state index contributed by atoms with van der Waals surface area (Å²) in [6, 6.07) is 23.0. The molecular weight excluding hydrogens is 608 g/mol. The standard InChI is InChI=1S/C18H20O3.C8H8O2.C6H18N4.C5H14N2/c1-13-5-7-14(8-6-13)18(2,3)15-9-11-16(12-10-15)21-17(19)20-4;1-10-8-4-2-7(6-9)3-5-8;7-1-4-10(5-2-8)6-3-9;6-4-2-1-3-5-7/h5-12H,1-4H3;2-6H,1H3;1-9H2;1-7H2. The number of benzene rings is 3. The number of aldehydes is 1. The van der Waals surface area contributed by atoms with Crippen LogP contribution in [0.4, 0.5) is 4.79 Å². The summed E-state index contributed by atoms with van der Waals surface area (Å²) in [4.78, 5) is 23.4. The summed E-state index contributed by atoms with van der Waals surface area (Å²) >= 11 is 0. The topological polar surface area (TPSA) is 195 Å². The lowest BCUT2D eigenvalue weighted by Crippen LogP contribution is -2.37. The molecule has 268 valence electrons. The fourth-order valence-corrected chi connectivity index (χ4v) is 4.25. The minimum atomic E-state index is -0.708. The summed E-state index contributed by atoms with van der Waals surface area (Å²) in [6.07, 6.45) is 3.53. The molecule has 0 aliphatic rings. The van der Waals surface area contributed by atoms with E-state index in [0.717, 1.165) is 63.2 Å². The van der Waals surface area contributed by atoms with Gasteiger partial charge in [0, 0.05) is 50.2 Å². The van der Waals surface area contributed by atoms with Crippen molar-refractivity contribution in [1.82, 2.24) is 4.90 Å². The van der Waals surface area contributed by atoms with E-state index >= 15 is 0 Å². The Bertz CT molecular complexity index is 1200. The van der Waals surface area contributed by atoms with Gasteiger partial charge in [0.1, 0.15) is 17.8 Å². The average molecular weight is 669 g/mol. The smallest absolute Gasteiger partial charge is 0.497 e.